The fourth-order valence-electron chi connectivity index (χ4n) is 0.981. The maximum absolute atomic E-state index is 11.4. The van der Waals surface area contributed by atoms with Gasteiger partial charge in [-0.1, -0.05) is 6.92 Å². The van der Waals surface area contributed by atoms with Gasteiger partial charge in [-0.05, 0) is 12.3 Å². The van der Waals surface area contributed by atoms with Crippen molar-refractivity contribution in [2.24, 2.45) is 5.92 Å². The van der Waals surface area contributed by atoms with Crippen molar-refractivity contribution in [3.63, 3.8) is 0 Å². The van der Waals surface area contributed by atoms with Crippen LogP contribution in [0.5, 0.6) is 0 Å². The lowest BCUT2D eigenvalue weighted by molar-refractivity contribution is 0.568. The maximum atomic E-state index is 11.4. The molecule has 0 amide bonds. The van der Waals surface area contributed by atoms with Crippen molar-refractivity contribution in [3.05, 3.63) is 0 Å². The summed E-state index contributed by atoms with van der Waals surface area (Å²) in [5.41, 5.74) is 0. The first-order valence-corrected chi connectivity index (χ1v) is 8.62. The van der Waals surface area contributed by atoms with Crippen LogP contribution in [0.15, 0.2) is 0 Å². The minimum absolute atomic E-state index is 0.0473. The normalized spacial score (nSPS) is 16.2. The summed E-state index contributed by atoms with van der Waals surface area (Å²) in [6, 6.07) is 0. The second-order valence-corrected chi connectivity index (χ2v) is 7.28. The van der Waals surface area contributed by atoms with Crippen LogP contribution in [0.3, 0.4) is 0 Å². The van der Waals surface area contributed by atoms with Crippen molar-refractivity contribution in [2.75, 3.05) is 30.2 Å². The molecule has 0 saturated heterocycles. The Kier molecular flexibility index (Phi) is 7.77. The molecule has 0 bridgehead atoms. The van der Waals surface area contributed by atoms with Crippen molar-refractivity contribution >= 4 is 32.4 Å². The molecule has 2 unspecified atom stereocenters. The van der Waals surface area contributed by atoms with Gasteiger partial charge in [0.25, 0.3) is 0 Å². The van der Waals surface area contributed by atoms with E-state index in [1.54, 1.807) is 13.2 Å². The number of alkyl halides is 1. The zero-order valence-corrected chi connectivity index (χ0v) is 11.4. The Morgan fingerprint density at radius 2 is 2.07 bits per heavy atom. The SMILES string of the molecule is CC(CCl)CS(=O)(=O)NCCCS(C)=O. The molecule has 0 aromatic rings. The minimum Gasteiger partial charge on any atom is -0.260 e. The van der Waals surface area contributed by atoms with Crippen molar-refractivity contribution in [1.29, 1.82) is 0 Å². The predicted molar refractivity (Wildman–Crippen MR) is 65.2 cm³/mol. The lowest BCUT2D eigenvalue weighted by atomic mass is 10.3. The molecule has 0 aliphatic rings. The van der Waals surface area contributed by atoms with Crippen molar-refractivity contribution in [1.82, 2.24) is 4.72 Å². The quantitative estimate of drug-likeness (QED) is 0.520. The second kappa shape index (κ2) is 7.60. The Bertz CT molecular complexity index is 292. The van der Waals surface area contributed by atoms with Gasteiger partial charge in [-0.15, -0.1) is 11.6 Å². The van der Waals surface area contributed by atoms with Crippen LogP contribution in [0.25, 0.3) is 0 Å². The first-order chi connectivity index (χ1) is 6.87. The molecule has 0 aromatic heterocycles. The zero-order chi connectivity index (χ0) is 11.9. The summed E-state index contributed by atoms with van der Waals surface area (Å²) in [7, 11) is -4.09. The molecule has 0 heterocycles. The highest BCUT2D eigenvalue weighted by Crippen LogP contribution is 2.01. The Hall–Kier alpha value is 0.350. The van der Waals surface area contributed by atoms with Crippen LogP contribution >= 0.6 is 11.6 Å². The van der Waals surface area contributed by atoms with E-state index in [0.717, 1.165) is 0 Å². The monoisotopic (exact) mass is 275 g/mol. The zero-order valence-electron chi connectivity index (χ0n) is 9.03. The number of nitrogens with one attached hydrogen (secondary N) is 1. The van der Waals surface area contributed by atoms with Crippen molar-refractivity contribution in [3.8, 4) is 0 Å². The third-order valence-electron chi connectivity index (χ3n) is 1.70. The minimum atomic E-state index is -3.22. The molecular formula is C8H18ClNO3S2. The van der Waals surface area contributed by atoms with Gasteiger partial charge in [0.2, 0.25) is 10.0 Å². The lowest BCUT2D eigenvalue weighted by Gasteiger charge is -2.09. The molecule has 0 aromatic carbocycles. The first-order valence-electron chi connectivity index (χ1n) is 4.70. The molecule has 0 saturated carbocycles. The predicted octanol–water partition coefficient (Wildman–Crippen LogP) is 0.549. The standard InChI is InChI=1S/C8H18ClNO3S2/c1-8(6-9)7-15(12,13)10-4-3-5-14(2)11/h8,10H,3-7H2,1-2H3. The van der Waals surface area contributed by atoms with Crippen LogP contribution in [0, 0.1) is 5.92 Å². The van der Waals surface area contributed by atoms with Gasteiger partial charge in [0, 0.05) is 35.2 Å². The molecule has 0 aliphatic heterocycles. The van der Waals surface area contributed by atoms with E-state index < -0.39 is 20.8 Å². The van der Waals surface area contributed by atoms with Crippen molar-refractivity contribution in [2.45, 2.75) is 13.3 Å². The van der Waals surface area contributed by atoms with Gasteiger partial charge in [0.05, 0.1) is 5.75 Å². The van der Waals surface area contributed by atoms with Crippen LogP contribution in [-0.4, -0.2) is 42.8 Å². The summed E-state index contributed by atoms with van der Waals surface area (Å²) in [4.78, 5) is 0. The van der Waals surface area contributed by atoms with E-state index >= 15 is 0 Å². The van der Waals surface area contributed by atoms with Gasteiger partial charge in [-0.2, -0.15) is 0 Å². The molecule has 2 atom stereocenters. The van der Waals surface area contributed by atoms with E-state index in [9.17, 15) is 12.6 Å². The smallest absolute Gasteiger partial charge is 0.211 e. The highest BCUT2D eigenvalue weighted by Gasteiger charge is 2.13. The van der Waals surface area contributed by atoms with Crippen LogP contribution in [0.1, 0.15) is 13.3 Å². The first kappa shape index (κ1) is 15.3. The van der Waals surface area contributed by atoms with Gasteiger partial charge in [-0.3, -0.25) is 4.21 Å². The van der Waals surface area contributed by atoms with E-state index in [1.807, 2.05) is 0 Å². The fraction of sp³-hybridized carbons (Fsp3) is 1.00. The summed E-state index contributed by atoms with van der Waals surface area (Å²) in [6.45, 7) is 2.13. The third kappa shape index (κ3) is 9.29. The average molecular weight is 276 g/mol. The molecule has 0 fully saturated rings. The average Bonchev–Trinajstić information content (AvgIpc) is 2.11. The van der Waals surface area contributed by atoms with Gasteiger partial charge in [0.1, 0.15) is 0 Å². The van der Waals surface area contributed by atoms with E-state index in [1.165, 1.54) is 0 Å². The van der Waals surface area contributed by atoms with Gasteiger partial charge in [-0.25, -0.2) is 13.1 Å². The summed E-state index contributed by atoms with van der Waals surface area (Å²) in [5, 5.41) is 0. The van der Waals surface area contributed by atoms with E-state index in [2.05, 4.69) is 4.72 Å². The van der Waals surface area contributed by atoms with E-state index in [0.29, 0.717) is 24.6 Å². The molecule has 92 valence electrons. The summed E-state index contributed by atoms with van der Waals surface area (Å²) in [6.07, 6.45) is 2.20. The van der Waals surface area contributed by atoms with Crippen LogP contribution in [-0.2, 0) is 20.8 Å². The molecule has 1 N–H and O–H groups in total. The number of hydrogen-bond acceptors (Lipinski definition) is 3. The second-order valence-electron chi connectivity index (χ2n) is 3.57. The Balaban J connectivity index is 3.80. The van der Waals surface area contributed by atoms with Crippen LogP contribution in [0.4, 0.5) is 0 Å². The number of sulfonamides is 1. The lowest BCUT2D eigenvalue weighted by Crippen LogP contribution is -2.30. The van der Waals surface area contributed by atoms with Gasteiger partial charge in [0.15, 0.2) is 0 Å². The summed E-state index contributed by atoms with van der Waals surface area (Å²) in [5.74, 6) is 0.851. The van der Waals surface area contributed by atoms with Crippen LogP contribution in [0.2, 0.25) is 0 Å². The Morgan fingerprint density at radius 1 is 1.47 bits per heavy atom. The van der Waals surface area contributed by atoms with Crippen LogP contribution < -0.4 is 4.72 Å². The number of halogens is 1. The number of hydrogen-bond donors (Lipinski definition) is 1. The molecule has 15 heavy (non-hydrogen) atoms. The topological polar surface area (TPSA) is 63.2 Å². The molecule has 0 radical (unpaired) electrons. The van der Waals surface area contributed by atoms with Crippen molar-refractivity contribution < 1.29 is 12.6 Å². The number of rotatable bonds is 8. The highest BCUT2D eigenvalue weighted by molar-refractivity contribution is 7.89. The van der Waals surface area contributed by atoms with Gasteiger partial charge < -0.3 is 0 Å². The maximum Gasteiger partial charge on any atom is 0.211 e. The molecule has 0 spiro atoms. The Labute approximate surface area is 99.3 Å². The molecule has 4 nitrogen and oxygen atoms in total. The molecule has 0 rings (SSSR count). The molecule has 7 heteroatoms. The molecule has 0 aliphatic carbocycles. The molecular weight excluding hydrogens is 258 g/mol. The fourth-order valence-corrected chi connectivity index (χ4v) is 3.21. The van der Waals surface area contributed by atoms with Gasteiger partial charge >= 0.3 is 0 Å². The largest absolute Gasteiger partial charge is 0.260 e. The van der Waals surface area contributed by atoms with E-state index in [4.69, 9.17) is 11.6 Å². The summed E-state index contributed by atoms with van der Waals surface area (Å²) < 4.78 is 36.0. The van der Waals surface area contributed by atoms with E-state index in [-0.39, 0.29) is 11.7 Å². The summed E-state index contributed by atoms with van der Waals surface area (Å²) >= 11 is 5.53. The highest BCUT2D eigenvalue weighted by atomic mass is 35.5. The Morgan fingerprint density at radius 3 is 2.53 bits per heavy atom. The third-order valence-corrected chi connectivity index (χ3v) is 4.74.